The lowest BCUT2D eigenvalue weighted by Crippen LogP contribution is -2.29. The van der Waals surface area contributed by atoms with Crippen LogP contribution < -0.4 is 9.73 Å². The summed E-state index contributed by atoms with van der Waals surface area (Å²) in [6, 6.07) is 18.6. The summed E-state index contributed by atoms with van der Waals surface area (Å²) in [4.78, 5) is 22.6. The van der Waals surface area contributed by atoms with Crippen LogP contribution in [0.5, 0.6) is 0 Å². The number of hydrogen-bond acceptors (Lipinski definition) is 6. The lowest BCUT2D eigenvalue weighted by molar-refractivity contribution is -0.384. The Kier molecular flexibility index (Phi) is 7.41. The first-order valence-electron chi connectivity index (χ1n) is 9.53. The minimum Gasteiger partial charge on any atom is -0.267 e. The van der Waals surface area contributed by atoms with E-state index in [2.05, 4.69) is 10.5 Å². The van der Waals surface area contributed by atoms with E-state index in [9.17, 15) is 23.3 Å². The maximum atomic E-state index is 12.3. The summed E-state index contributed by atoms with van der Waals surface area (Å²) >= 11 is 5.89. The molecule has 0 radical (unpaired) electrons. The number of benzene rings is 3. The molecule has 3 rings (SSSR count). The molecular weight excluding hydrogens is 468 g/mol. The van der Waals surface area contributed by atoms with Crippen LogP contribution in [0.2, 0.25) is 5.02 Å². The third-order valence-corrected chi connectivity index (χ3v) is 5.91. The first-order chi connectivity index (χ1) is 15.6. The Labute approximate surface area is 195 Å². The van der Waals surface area contributed by atoms with E-state index in [4.69, 9.17) is 11.6 Å². The Morgan fingerprint density at radius 2 is 1.79 bits per heavy atom. The number of nitro groups is 1. The molecule has 0 fully saturated rings. The predicted octanol–water partition coefficient (Wildman–Crippen LogP) is 3.98. The molecule has 0 aliphatic heterocycles. The topological polar surface area (TPSA) is 122 Å². The normalized spacial score (nSPS) is 11.3. The quantitative estimate of drug-likeness (QED) is 0.293. The zero-order valence-electron chi connectivity index (χ0n) is 17.4. The highest BCUT2D eigenvalue weighted by molar-refractivity contribution is 7.92. The van der Waals surface area contributed by atoms with Crippen molar-refractivity contribution < 1.29 is 18.1 Å². The minimum atomic E-state index is -3.59. The molecule has 0 aliphatic rings. The van der Waals surface area contributed by atoms with E-state index in [-0.39, 0.29) is 17.8 Å². The van der Waals surface area contributed by atoms with E-state index >= 15 is 0 Å². The fourth-order valence-corrected chi connectivity index (χ4v) is 3.90. The van der Waals surface area contributed by atoms with Gasteiger partial charge in [0.15, 0.2) is 0 Å². The number of anilines is 1. The van der Waals surface area contributed by atoms with Gasteiger partial charge < -0.3 is 0 Å². The fourth-order valence-electron chi connectivity index (χ4n) is 2.88. The molecule has 0 aromatic heterocycles. The van der Waals surface area contributed by atoms with E-state index in [0.29, 0.717) is 16.3 Å². The number of carbonyl (C=O) groups excluding carboxylic acids is 1. The van der Waals surface area contributed by atoms with Crippen LogP contribution in [0.25, 0.3) is 0 Å². The summed E-state index contributed by atoms with van der Waals surface area (Å²) < 4.78 is 25.9. The third kappa shape index (κ3) is 6.61. The highest BCUT2D eigenvalue weighted by atomic mass is 35.5. The maximum Gasteiger partial charge on any atom is 0.271 e. The van der Waals surface area contributed by atoms with Crippen molar-refractivity contribution in [2.75, 3.05) is 10.6 Å². The number of non-ortho nitro benzene ring substituents is 1. The van der Waals surface area contributed by atoms with Gasteiger partial charge in [0.2, 0.25) is 10.0 Å². The highest BCUT2D eigenvalue weighted by Crippen LogP contribution is 2.22. The number of amides is 1. The predicted molar refractivity (Wildman–Crippen MR) is 127 cm³/mol. The van der Waals surface area contributed by atoms with Gasteiger partial charge in [0.25, 0.3) is 11.6 Å². The minimum absolute atomic E-state index is 0.0881. The molecule has 0 atom stereocenters. The van der Waals surface area contributed by atoms with Crippen LogP contribution in [0.4, 0.5) is 11.4 Å². The van der Waals surface area contributed by atoms with E-state index in [0.717, 1.165) is 11.8 Å². The molecule has 170 valence electrons. The second-order valence-corrected chi connectivity index (χ2v) is 9.34. The molecular formula is C22H19ClN4O5S. The second-order valence-electron chi connectivity index (χ2n) is 6.99. The van der Waals surface area contributed by atoms with Crippen LogP contribution >= 0.6 is 11.6 Å². The molecule has 0 saturated heterocycles. The van der Waals surface area contributed by atoms with Gasteiger partial charge in [0.1, 0.15) is 0 Å². The Bertz CT molecular complexity index is 1290. The van der Waals surface area contributed by atoms with Crippen LogP contribution in [0, 0.1) is 10.1 Å². The van der Waals surface area contributed by atoms with E-state index < -0.39 is 20.9 Å². The number of nitrogens with zero attached hydrogens (tertiary/aromatic N) is 3. The monoisotopic (exact) mass is 486 g/mol. The standard InChI is InChI=1S/C22H19ClN4O5S/c1-33(31,32)26(15-16-5-9-19(23)10-6-16)20-11-7-18(8-12-20)22(28)25-24-14-17-3-2-4-21(13-17)27(29)30/h2-14H,15H2,1H3,(H,25,28)/b24-14-. The summed E-state index contributed by atoms with van der Waals surface area (Å²) in [5.74, 6) is -0.521. The van der Waals surface area contributed by atoms with Gasteiger partial charge >= 0.3 is 0 Å². The average molecular weight is 487 g/mol. The Balaban J connectivity index is 1.70. The van der Waals surface area contributed by atoms with Crippen molar-refractivity contribution in [3.8, 4) is 0 Å². The van der Waals surface area contributed by atoms with Crippen LogP contribution in [0.1, 0.15) is 21.5 Å². The molecule has 0 saturated carbocycles. The summed E-state index contributed by atoms with van der Waals surface area (Å²) in [5, 5.41) is 15.2. The van der Waals surface area contributed by atoms with Crippen LogP contribution in [-0.2, 0) is 16.6 Å². The Morgan fingerprint density at radius 3 is 2.39 bits per heavy atom. The van der Waals surface area contributed by atoms with Gasteiger partial charge in [-0.25, -0.2) is 13.8 Å². The largest absolute Gasteiger partial charge is 0.271 e. The highest BCUT2D eigenvalue weighted by Gasteiger charge is 2.18. The van der Waals surface area contributed by atoms with Crippen molar-refractivity contribution in [2.24, 2.45) is 5.10 Å². The van der Waals surface area contributed by atoms with Gasteiger partial charge in [0, 0.05) is 28.3 Å². The molecule has 9 nitrogen and oxygen atoms in total. The van der Waals surface area contributed by atoms with Crippen molar-refractivity contribution in [1.29, 1.82) is 0 Å². The van der Waals surface area contributed by atoms with Crippen LogP contribution in [0.15, 0.2) is 77.9 Å². The van der Waals surface area contributed by atoms with Crippen molar-refractivity contribution in [1.82, 2.24) is 5.43 Å². The summed E-state index contributed by atoms with van der Waals surface area (Å²) in [7, 11) is -3.59. The average Bonchev–Trinajstić information content (AvgIpc) is 2.78. The fraction of sp³-hybridized carbons (Fsp3) is 0.0909. The molecule has 1 amide bonds. The number of halogens is 1. The molecule has 0 aliphatic carbocycles. The van der Waals surface area contributed by atoms with Crippen molar-refractivity contribution in [2.45, 2.75) is 6.54 Å². The van der Waals surface area contributed by atoms with Crippen molar-refractivity contribution in [3.05, 3.63) is 105 Å². The lowest BCUT2D eigenvalue weighted by atomic mass is 10.2. The molecule has 33 heavy (non-hydrogen) atoms. The SMILES string of the molecule is CS(=O)(=O)N(Cc1ccc(Cl)cc1)c1ccc(C(=O)N/N=C\c2cccc([N+](=O)[O-])c2)cc1. The molecule has 11 heteroatoms. The van der Waals surface area contributed by atoms with Crippen LogP contribution in [0.3, 0.4) is 0 Å². The smallest absolute Gasteiger partial charge is 0.267 e. The van der Waals surface area contributed by atoms with Crippen LogP contribution in [-0.4, -0.2) is 31.7 Å². The first-order valence-corrected chi connectivity index (χ1v) is 11.8. The molecule has 1 N–H and O–H groups in total. The Morgan fingerprint density at radius 1 is 1.12 bits per heavy atom. The van der Waals surface area contributed by atoms with Gasteiger partial charge in [-0.3, -0.25) is 19.2 Å². The van der Waals surface area contributed by atoms with Crippen molar-refractivity contribution >= 4 is 45.1 Å². The Hall–Kier alpha value is -3.76. The van der Waals surface area contributed by atoms with Gasteiger partial charge in [0.05, 0.1) is 29.6 Å². The number of carbonyl (C=O) groups is 1. The lowest BCUT2D eigenvalue weighted by Gasteiger charge is -2.22. The molecule has 0 heterocycles. The number of nitro benzene ring substituents is 1. The van der Waals surface area contributed by atoms with Crippen molar-refractivity contribution in [3.63, 3.8) is 0 Å². The first kappa shape index (κ1) is 23.9. The summed E-state index contributed by atoms with van der Waals surface area (Å²) in [6.07, 6.45) is 2.39. The number of hydrogen-bond donors (Lipinski definition) is 1. The maximum absolute atomic E-state index is 12.3. The van der Waals surface area contributed by atoms with Gasteiger partial charge in [-0.2, -0.15) is 5.10 Å². The zero-order valence-corrected chi connectivity index (χ0v) is 19.0. The number of nitrogens with one attached hydrogen (secondary N) is 1. The molecule has 0 unspecified atom stereocenters. The number of sulfonamides is 1. The number of hydrazone groups is 1. The van der Waals surface area contributed by atoms with Gasteiger partial charge in [-0.05, 0) is 42.0 Å². The van der Waals surface area contributed by atoms with E-state index in [1.54, 1.807) is 30.3 Å². The zero-order chi connectivity index (χ0) is 24.0. The molecule has 0 spiro atoms. The third-order valence-electron chi connectivity index (χ3n) is 4.52. The summed E-state index contributed by atoms with van der Waals surface area (Å²) in [5.41, 5.74) is 4.10. The summed E-state index contributed by atoms with van der Waals surface area (Å²) in [6.45, 7) is 0.106. The molecule has 3 aromatic rings. The number of rotatable bonds is 8. The van der Waals surface area contributed by atoms with Gasteiger partial charge in [-0.15, -0.1) is 0 Å². The van der Waals surface area contributed by atoms with Gasteiger partial charge in [-0.1, -0.05) is 35.9 Å². The second kappa shape index (κ2) is 10.2. The molecule has 3 aromatic carbocycles. The molecule has 0 bridgehead atoms. The van der Waals surface area contributed by atoms with E-state index in [1.165, 1.54) is 53.0 Å². The van der Waals surface area contributed by atoms with E-state index in [1.807, 2.05) is 0 Å².